The van der Waals surface area contributed by atoms with Gasteiger partial charge in [-0.05, 0) is 24.0 Å². The van der Waals surface area contributed by atoms with Gasteiger partial charge in [0.2, 0.25) is 0 Å². The van der Waals surface area contributed by atoms with Crippen LogP contribution in [0.3, 0.4) is 0 Å². The van der Waals surface area contributed by atoms with Crippen LogP contribution in [0.2, 0.25) is 5.02 Å². The van der Waals surface area contributed by atoms with Crippen LogP contribution in [0.15, 0.2) is 18.2 Å². The molecule has 0 aliphatic carbocycles. The highest BCUT2D eigenvalue weighted by atomic mass is 79.9. The van der Waals surface area contributed by atoms with Crippen LogP contribution in [-0.4, -0.2) is 10.7 Å². The molecule has 1 aromatic carbocycles. The Labute approximate surface area is 105 Å². The monoisotopic (exact) mass is 342 g/mol. The van der Waals surface area contributed by atoms with Crippen molar-refractivity contribution in [1.29, 1.82) is 0 Å². The van der Waals surface area contributed by atoms with E-state index < -0.39 is 0 Å². The molecule has 0 bridgehead atoms. The van der Waals surface area contributed by atoms with Crippen LogP contribution in [0.25, 0.3) is 0 Å². The van der Waals surface area contributed by atoms with Crippen molar-refractivity contribution in [3.8, 4) is 0 Å². The summed E-state index contributed by atoms with van der Waals surface area (Å²) in [6.45, 7) is 0. The molecule has 0 N–H and O–H groups in total. The highest BCUT2D eigenvalue weighted by Crippen LogP contribution is 2.23. The van der Waals surface area contributed by atoms with Crippen molar-refractivity contribution >= 4 is 43.5 Å². The van der Waals surface area contributed by atoms with Crippen molar-refractivity contribution in [2.24, 2.45) is 5.92 Å². The molecule has 14 heavy (non-hydrogen) atoms. The normalized spacial score (nSPS) is 10.9. The van der Waals surface area contributed by atoms with E-state index in [1.54, 1.807) is 6.07 Å². The van der Waals surface area contributed by atoms with E-state index in [4.69, 9.17) is 11.6 Å². The number of halogens is 4. The third-order valence-corrected chi connectivity index (χ3v) is 4.23. The van der Waals surface area contributed by atoms with Gasteiger partial charge in [-0.2, -0.15) is 0 Å². The average Bonchev–Trinajstić information content (AvgIpc) is 2.20. The van der Waals surface area contributed by atoms with E-state index in [2.05, 4.69) is 31.9 Å². The molecule has 1 aromatic rings. The lowest BCUT2D eigenvalue weighted by molar-refractivity contribution is 0.619. The Bertz CT molecular complexity index is 300. The van der Waals surface area contributed by atoms with E-state index >= 15 is 0 Å². The van der Waals surface area contributed by atoms with Gasteiger partial charge in [0.1, 0.15) is 5.82 Å². The average molecular weight is 344 g/mol. The van der Waals surface area contributed by atoms with Gasteiger partial charge < -0.3 is 0 Å². The van der Waals surface area contributed by atoms with E-state index in [9.17, 15) is 4.39 Å². The lowest BCUT2D eigenvalue weighted by Crippen LogP contribution is -2.08. The van der Waals surface area contributed by atoms with Gasteiger partial charge in [0.15, 0.2) is 0 Å². The lowest BCUT2D eigenvalue weighted by atomic mass is 10.0. The number of hydrogen-bond acceptors (Lipinski definition) is 0. The Morgan fingerprint density at radius 2 is 1.93 bits per heavy atom. The van der Waals surface area contributed by atoms with Gasteiger partial charge in [-0.15, -0.1) is 0 Å². The standard InChI is InChI=1S/C10H10Br2ClF/c11-5-7(6-12)4-8-2-1-3-9(14)10(8)13/h1-3,7H,4-6H2. The van der Waals surface area contributed by atoms with Crippen molar-refractivity contribution in [3.63, 3.8) is 0 Å². The molecule has 0 nitrogen and oxygen atoms in total. The zero-order valence-electron chi connectivity index (χ0n) is 7.44. The quantitative estimate of drug-likeness (QED) is 0.709. The first kappa shape index (κ1) is 12.5. The molecule has 0 spiro atoms. The molecule has 0 atom stereocenters. The second kappa shape index (κ2) is 6.09. The molecule has 0 amide bonds. The third kappa shape index (κ3) is 3.21. The summed E-state index contributed by atoms with van der Waals surface area (Å²) in [6.07, 6.45) is 0.785. The van der Waals surface area contributed by atoms with E-state index in [0.29, 0.717) is 5.92 Å². The number of hydrogen-bond donors (Lipinski definition) is 0. The fraction of sp³-hybridized carbons (Fsp3) is 0.400. The zero-order chi connectivity index (χ0) is 10.6. The highest BCUT2D eigenvalue weighted by molar-refractivity contribution is 9.09. The van der Waals surface area contributed by atoms with Gasteiger partial charge in [0.05, 0.1) is 5.02 Å². The minimum Gasteiger partial charge on any atom is -0.205 e. The second-order valence-electron chi connectivity index (χ2n) is 3.09. The van der Waals surface area contributed by atoms with Crippen LogP contribution >= 0.6 is 43.5 Å². The molecule has 0 radical (unpaired) electrons. The molecule has 0 aliphatic heterocycles. The van der Waals surface area contributed by atoms with E-state index in [1.807, 2.05) is 6.07 Å². The summed E-state index contributed by atoms with van der Waals surface area (Å²) < 4.78 is 13.1. The summed E-state index contributed by atoms with van der Waals surface area (Å²) in [5, 5.41) is 2.01. The maximum atomic E-state index is 13.1. The molecular weight excluding hydrogens is 334 g/mol. The minimum atomic E-state index is -0.341. The summed E-state index contributed by atoms with van der Waals surface area (Å²) in [5.74, 6) is 0.0985. The van der Waals surface area contributed by atoms with Gasteiger partial charge in [-0.3, -0.25) is 0 Å². The smallest absolute Gasteiger partial charge is 0.142 e. The van der Waals surface area contributed by atoms with E-state index in [-0.39, 0.29) is 10.8 Å². The lowest BCUT2D eigenvalue weighted by Gasteiger charge is -2.11. The maximum Gasteiger partial charge on any atom is 0.142 e. The maximum absolute atomic E-state index is 13.1. The van der Waals surface area contributed by atoms with Crippen molar-refractivity contribution in [1.82, 2.24) is 0 Å². The Hall–Kier alpha value is 0.400. The highest BCUT2D eigenvalue weighted by Gasteiger charge is 2.11. The SMILES string of the molecule is Fc1cccc(CC(CBr)CBr)c1Cl. The Morgan fingerprint density at radius 1 is 1.29 bits per heavy atom. The fourth-order valence-corrected chi connectivity index (χ4v) is 2.90. The predicted octanol–water partition coefficient (Wildman–Crippen LogP) is 4.43. The Morgan fingerprint density at radius 3 is 2.50 bits per heavy atom. The molecule has 78 valence electrons. The third-order valence-electron chi connectivity index (χ3n) is 1.98. The van der Waals surface area contributed by atoms with Crippen molar-refractivity contribution in [3.05, 3.63) is 34.6 Å². The second-order valence-corrected chi connectivity index (χ2v) is 4.76. The van der Waals surface area contributed by atoms with E-state index in [0.717, 1.165) is 22.6 Å². The molecular formula is C10H10Br2ClF. The van der Waals surface area contributed by atoms with Crippen LogP contribution < -0.4 is 0 Å². The first-order valence-corrected chi connectivity index (χ1v) is 6.86. The van der Waals surface area contributed by atoms with Gasteiger partial charge in [0.25, 0.3) is 0 Å². The fourth-order valence-electron chi connectivity index (χ4n) is 1.17. The summed E-state index contributed by atoms with van der Waals surface area (Å²) in [5.41, 5.74) is 0.871. The molecule has 0 aromatic heterocycles. The van der Waals surface area contributed by atoms with Gasteiger partial charge >= 0.3 is 0 Å². The largest absolute Gasteiger partial charge is 0.205 e. The number of benzene rings is 1. The topological polar surface area (TPSA) is 0 Å². The summed E-state index contributed by atoms with van der Waals surface area (Å²) in [7, 11) is 0. The van der Waals surface area contributed by atoms with Gasteiger partial charge in [-0.1, -0.05) is 55.6 Å². The first-order valence-electron chi connectivity index (χ1n) is 4.23. The Balaban J connectivity index is 2.80. The molecule has 1 rings (SSSR count). The van der Waals surface area contributed by atoms with Crippen LogP contribution in [0.5, 0.6) is 0 Å². The first-order chi connectivity index (χ1) is 6.69. The van der Waals surface area contributed by atoms with Crippen molar-refractivity contribution in [2.45, 2.75) is 6.42 Å². The van der Waals surface area contributed by atoms with Gasteiger partial charge in [0, 0.05) is 10.7 Å². The molecule has 0 saturated heterocycles. The van der Waals surface area contributed by atoms with E-state index in [1.165, 1.54) is 6.07 Å². The van der Waals surface area contributed by atoms with Crippen molar-refractivity contribution < 1.29 is 4.39 Å². The molecule has 0 heterocycles. The molecule has 4 heteroatoms. The zero-order valence-corrected chi connectivity index (χ0v) is 11.4. The number of alkyl halides is 2. The molecule has 0 unspecified atom stereocenters. The minimum absolute atomic E-state index is 0.249. The predicted molar refractivity (Wildman–Crippen MR) is 66.2 cm³/mol. The number of rotatable bonds is 4. The summed E-state index contributed by atoms with van der Waals surface area (Å²) >= 11 is 12.7. The summed E-state index contributed by atoms with van der Waals surface area (Å²) in [6, 6.07) is 4.93. The van der Waals surface area contributed by atoms with Crippen LogP contribution in [-0.2, 0) is 6.42 Å². The van der Waals surface area contributed by atoms with Crippen LogP contribution in [0, 0.1) is 11.7 Å². The van der Waals surface area contributed by atoms with Crippen LogP contribution in [0.1, 0.15) is 5.56 Å². The van der Waals surface area contributed by atoms with Crippen LogP contribution in [0.4, 0.5) is 4.39 Å². The van der Waals surface area contributed by atoms with Gasteiger partial charge in [-0.25, -0.2) is 4.39 Å². The molecule has 0 saturated carbocycles. The molecule has 0 fully saturated rings. The van der Waals surface area contributed by atoms with Crippen molar-refractivity contribution in [2.75, 3.05) is 10.7 Å². The molecule has 0 aliphatic rings. The Kier molecular flexibility index (Phi) is 5.42. The summed E-state index contributed by atoms with van der Waals surface area (Å²) in [4.78, 5) is 0.